The van der Waals surface area contributed by atoms with E-state index < -0.39 is 0 Å². The van der Waals surface area contributed by atoms with Crippen LogP contribution in [0.2, 0.25) is 0 Å². The van der Waals surface area contributed by atoms with Crippen molar-refractivity contribution in [3.8, 4) is 0 Å². The SMILES string of the molecule is COCC(C)NC(N)=NCCc1cccnc1.I. The Hall–Kier alpha value is -0.890. The van der Waals surface area contributed by atoms with Gasteiger partial charge in [-0.1, -0.05) is 6.07 Å². The molecule has 1 rings (SSSR count). The number of guanidine groups is 1. The predicted molar refractivity (Wildman–Crippen MR) is 84.3 cm³/mol. The van der Waals surface area contributed by atoms with Gasteiger partial charge in [0, 0.05) is 32.1 Å². The lowest BCUT2D eigenvalue weighted by Crippen LogP contribution is -2.40. The van der Waals surface area contributed by atoms with Crippen LogP contribution in [-0.2, 0) is 11.2 Å². The lowest BCUT2D eigenvalue weighted by Gasteiger charge is -2.12. The maximum absolute atomic E-state index is 5.74. The first-order chi connectivity index (χ1) is 8.22. The van der Waals surface area contributed by atoms with Gasteiger partial charge in [0.15, 0.2) is 5.96 Å². The zero-order valence-corrected chi connectivity index (χ0v) is 13.1. The Balaban J connectivity index is 0.00000289. The fraction of sp³-hybridized carbons (Fsp3) is 0.500. The van der Waals surface area contributed by atoms with Crippen LogP contribution >= 0.6 is 24.0 Å². The summed E-state index contributed by atoms with van der Waals surface area (Å²) in [5.41, 5.74) is 6.90. The van der Waals surface area contributed by atoms with Crippen LogP contribution in [0, 0.1) is 0 Å². The first-order valence-electron chi connectivity index (χ1n) is 5.66. The van der Waals surface area contributed by atoms with Gasteiger partial charge in [-0.15, -0.1) is 24.0 Å². The molecule has 0 spiro atoms. The van der Waals surface area contributed by atoms with Crippen LogP contribution in [-0.4, -0.2) is 37.2 Å². The molecule has 0 aliphatic carbocycles. The van der Waals surface area contributed by atoms with Crippen molar-refractivity contribution in [3.63, 3.8) is 0 Å². The average Bonchev–Trinajstić information content (AvgIpc) is 2.30. The molecule has 3 N–H and O–H groups in total. The normalized spacial score (nSPS) is 12.7. The number of rotatable bonds is 6. The lowest BCUT2D eigenvalue weighted by atomic mass is 10.2. The lowest BCUT2D eigenvalue weighted by molar-refractivity contribution is 0.179. The number of halogens is 1. The largest absolute Gasteiger partial charge is 0.383 e. The van der Waals surface area contributed by atoms with Gasteiger partial charge >= 0.3 is 0 Å². The Bertz CT molecular complexity index is 345. The molecule has 0 radical (unpaired) electrons. The van der Waals surface area contributed by atoms with E-state index in [0.29, 0.717) is 19.1 Å². The zero-order chi connectivity index (χ0) is 12.5. The molecular formula is C12H21IN4O. The fourth-order valence-corrected chi connectivity index (χ4v) is 1.44. The van der Waals surface area contributed by atoms with E-state index in [4.69, 9.17) is 10.5 Å². The Labute approximate surface area is 125 Å². The third-order valence-corrected chi connectivity index (χ3v) is 2.22. The fourth-order valence-electron chi connectivity index (χ4n) is 1.44. The van der Waals surface area contributed by atoms with Gasteiger partial charge in [-0.3, -0.25) is 9.98 Å². The average molecular weight is 364 g/mol. The molecule has 5 nitrogen and oxygen atoms in total. The molecule has 102 valence electrons. The standard InChI is InChI=1S/C12H20N4O.HI/c1-10(9-17-2)16-12(13)15-7-5-11-4-3-6-14-8-11;/h3-4,6,8,10H,5,7,9H2,1-2H3,(H3,13,15,16);1H. The molecule has 1 aromatic heterocycles. The van der Waals surface area contributed by atoms with Crippen molar-refractivity contribution in [1.82, 2.24) is 10.3 Å². The molecule has 0 aliphatic heterocycles. The first kappa shape index (κ1) is 17.1. The highest BCUT2D eigenvalue weighted by Crippen LogP contribution is 1.96. The smallest absolute Gasteiger partial charge is 0.188 e. The number of hydrogen-bond acceptors (Lipinski definition) is 3. The van der Waals surface area contributed by atoms with E-state index in [1.165, 1.54) is 0 Å². The van der Waals surface area contributed by atoms with E-state index in [1.807, 2.05) is 25.3 Å². The maximum Gasteiger partial charge on any atom is 0.188 e. The summed E-state index contributed by atoms with van der Waals surface area (Å²) in [5.74, 6) is 0.457. The number of ether oxygens (including phenoxy) is 1. The minimum absolute atomic E-state index is 0. The number of pyridine rings is 1. The summed E-state index contributed by atoms with van der Waals surface area (Å²) in [7, 11) is 1.66. The van der Waals surface area contributed by atoms with Gasteiger partial charge in [0.2, 0.25) is 0 Å². The molecule has 6 heteroatoms. The number of nitrogens with one attached hydrogen (secondary N) is 1. The Morgan fingerprint density at radius 2 is 2.39 bits per heavy atom. The molecule has 1 unspecified atom stereocenters. The molecule has 18 heavy (non-hydrogen) atoms. The summed E-state index contributed by atoms with van der Waals surface area (Å²) in [6.07, 6.45) is 4.44. The number of aromatic nitrogens is 1. The minimum atomic E-state index is 0. The third kappa shape index (κ3) is 7.44. The molecule has 0 aromatic carbocycles. The van der Waals surface area contributed by atoms with Crippen molar-refractivity contribution in [3.05, 3.63) is 30.1 Å². The molecular weight excluding hydrogens is 343 g/mol. The van der Waals surface area contributed by atoms with E-state index in [2.05, 4.69) is 15.3 Å². The molecule has 0 aliphatic rings. The van der Waals surface area contributed by atoms with Crippen LogP contribution in [0.1, 0.15) is 12.5 Å². The van der Waals surface area contributed by atoms with Crippen molar-refractivity contribution < 1.29 is 4.74 Å². The topological polar surface area (TPSA) is 72.5 Å². The summed E-state index contributed by atoms with van der Waals surface area (Å²) in [4.78, 5) is 8.28. The Kier molecular flexibility index (Phi) is 9.57. The number of nitrogens with two attached hydrogens (primary N) is 1. The van der Waals surface area contributed by atoms with Crippen LogP contribution in [0.3, 0.4) is 0 Å². The third-order valence-electron chi connectivity index (χ3n) is 2.22. The summed E-state index contributed by atoms with van der Waals surface area (Å²) >= 11 is 0. The van der Waals surface area contributed by atoms with Gasteiger partial charge in [0.05, 0.1) is 6.61 Å². The second-order valence-corrected chi connectivity index (χ2v) is 3.88. The molecule has 0 saturated heterocycles. The van der Waals surface area contributed by atoms with Crippen LogP contribution in [0.4, 0.5) is 0 Å². The highest BCUT2D eigenvalue weighted by molar-refractivity contribution is 14.0. The highest BCUT2D eigenvalue weighted by atomic mass is 127. The molecule has 1 heterocycles. The Morgan fingerprint density at radius 3 is 3.00 bits per heavy atom. The molecule has 0 fully saturated rings. The summed E-state index contributed by atoms with van der Waals surface area (Å²) < 4.78 is 5.00. The van der Waals surface area contributed by atoms with Crippen molar-refractivity contribution in [2.75, 3.05) is 20.3 Å². The quantitative estimate of drug-likeness (QED) is 0.452. The highest BCUT2D eigenvalue weighted by Gasteiger charge is 2.00. The van der Waals surface area contributed by atoms with Gasteiger partial charge in [0.1, 0.15) is 0 Å². The maximum atomic E-state index is 5.74. The first-order valence-corrected chi connectivity index (χ1v) is 5.66. The van der Waals surface area contributed by atoms with Crippen LogP contribution in [0.25, 0.3) is 0 Å². The summed E-state index contributed by atoms with van der Waals surface area (Å²) in [6.45, 7) is 3.26. The van der Waals surface area contributed by atoms with Crippen molar-refractivity contribution in [1.29, 1.82) is 0 Å². The zero-order valence-electron chi connectivity index (χ0n) is 10.8. The second kappa shape index (κ2) is 10.1. The molecule has 1 atom stereocenters. The van der Waals surface area contributed by atoms with E-state index in [9.17, 15) is 0 Å². The van der Waals surface area contributed by atoms with E-state index >= 15 is 0 Å². The predicted octanol–water partition coefficient (Wildman–Crippen LogP) is 1.18. The van der Waals surface area contributed by atoms with Gasteiger partial charge in [-0.2, -0.15) is 0 Å². The van der Waals surface area contributed by atoms with Crippen LogP contribution < -0.4 is 11.1 Å². The minimum Gasteiger partial charge on any atom is -0.383 e. The van der Waals surface area contributed by atoms with E-state index in [0.717, 1.165) is 12.0 Å². The van der Waals surface area contributed by atoms with E-state index in [1.54, 1.807) is 13.3 Å². The van der Waals surface area contributed by atoms with Gasteiger partial charge in [-0.05, 0) is 25.0 Å². The van der Waals surface area contributed by atoms with Crippen molar-refractivity contribution in [2.45, 2.75) is 19.4 Å². The van der Waals surface area contributed by atoms with E-state index in [-0.39, 0.29) is 30.0 Å². The molecule has 0 amide bonds. The van der Waals surface area contributed by atoms with Crippen molar-refractivity contribution in [2.24, 2.45) is 10.7 Å². The number of hydrogen-bond donors (Lipinski definition) is 2. The number of nitrogens with zero attached hydrogens (tertiary/aromatic N) is 2. The summed E-state index contributed by atoms with van der Waals surface area (Å²) in [6, 6.07) is 4.11. The van der Waals surface area contributed by atoms with Gasteiger partial charge in [0.25, 0.3) is 0 Å². The monoisotopic (exact) mass is 364 g/mol. The number of methoxy groups -OCH3 is 1. The number of aliphatic imine (C=N–C) groups is 1. The van der Waals surface area contributed by atoms with Gasteiger partial charge < -0.3 is 15.8 Å². The molecule has 1 aromatic rings. The van der Waals surface area contributed by atoms with Crippen LogP contribution in [0.15, 0.2) is 29.5 Å². The molecule has 0 saturated carbocycles. The Morgan fingerprint density at radius 1 is 1.61 bits per heavy atom. The van der Waals surface area contributed by atoms with Crippen LogP contribution in [0.5, 0.6) is 0 Å². The van der Waals surface area contributed by atoms with Crippen molar-refractivity contribution >= 4 is 29.9 Å². The molecule has 0 bridgehead atoms. The second-order valence-electron chi connectivity index (χ2n) is 3.88. The van der Waals surface area contributed by atoms with Gasteiger partial charge in [-0.25, -0.2) is 0 Å². The summed E-state index contributed by atoms with van der Waals surface area (Å²) in [5, 5.41) is 3.05.